The van der Waals surface area contributed by atoms with Gasteiger partial charge in [0.1, 0.15) is 5.75 Å². The summed E-state index contributed by atoms with van der Waals surface area (Å²) in [5, 5.41) is 4.20. The van der Waals surface area contributed by atoms with E-state index >= 15 is 0 Å². The standard InChI is InChI=1S/C17H18N2O2/c1-12-9-15(10-13(2)17(12)21-14(3)20)11-18-19-16-7-5-4-6-8-16/h4-11,19H,1-3H3. The smallest absolute Gasteiger partial charge is 0.308 e. The monoisotopic (exact) mass is 282 g/mol. The van der Waals surface area contributed by atoms with Crippen LogP contribution in [0, 0.1) is 13.8 Å². The van der Waals surface area contributed by atoms with Crippen LogP contribution in [0.5, 0.6) is 5.75 Å². The van der Waals surface area contributed by atoms with Crippen molar-refractivity contribution in [3.63, 3.8) is 0 Å². The van der Waals surface area contributed by atoms with Crippen LogP contribution in [0.4, 0.5) is 5.69 Å². The highest BCUT2D eigenvalue weighted by atomic mass is 16.5. The van der Waals surface area contributed by atoms with E-state index in [1.54, 1.807) is 6.21 Å². The van der Waals surface area contributed by atoms with Gasteiger partial charge in [-0.3, -0.25) is 10.2 Å². The van der Waals surface area contributed by atoms with Crippen LogP contribution < -0.4 is 10.2 Å². The van der Waals surface area contributed by atoms with Crippen LogP contribution in [0.2, 0.25) is 0 Å². The molecule has 0 atom stereocenters. The lowest BCUT2D eigenvalue weighted by atomic mass is 10.1. The van der Waals surface area contributed by atoms with Crippen LogP contribution in [0.25, 0.3) is 0 Å². The molecule has 0 aliphatic rings. The lowest BCUT2D eigenvalue weighted by Gasteiger charge is -2.10. The summed E-state index contributed by atoms with van der Waals surface area (Å²) in [7, 11) is 0. The van der Waals surface area contributed by atoms with Crippen molar-refractivity contribution in [2.24, 2.45) is 5.10 Å². The molecule has 0 radical (unpaired) electrons. The van der Waals surface area contributed by atoms with E-state index in [4.69, 9.17) is 4.74 Å². The highest BCUT2D eigenvalue weighted by molar-refractivity contribution is 5.82. The average Bonchev–Trinajstić information content (AvgIpc) is 2.44. The number of benzene rings is 2. The summed E-state index contributed by atoms with van der Waals surface area (Å²) in [6.45, 7) is 5.22. The predicted molar refractivity (Wildman–Crippen MR) is 84.9 cm³/mol. The number of carbonyl (C=O) groups is 1. The zero-order valence-electron chi connectivity index (χ0n) is 12.4. The largest absolute Gasteiger partial charge is 0.426 e. The number of aryl methyl sites for hydroxylation is 2. The zero-order valence-corrected chi connectivity index (χ0v) is 12.4. The Bertz CT molecular complexity index is 641. The van der Waals surface area contributed by atoms with E-state index in [9.17, 15) is 4.79 Å². The van der Waals surface area contributed by atoms with Crippen LogP contribution in [-0.4, -0.2) is 12.2 Å². The van der Waals surface area contributed by atoms with Crippen molar-refractivity contribution in [2.45, 2.75) is 20.8 Å². The van der Waals surface area contributed by atoms with Gasteiger partial charge in [-0.25, -0.2) is 0 Å². The Labute approximate surface area is 124 Å². The number of nitrogens with zero attached hydrogens (tertiary/aromatic N) is 1. The average molecular weight is 282 g/mol. The minimum atomic E-state index is -0.312. The van der Waals surface area contributed by atoms with Crippen LogP contribution in [0.15, 0.2) is 47.6 Å². The minimum absolute atomic E-state index is 0.312. The molecule has 2 rings (SSSR count). The molecular formula is C17H18N2O2. The van der Waals surface area contributed by atoms with E-state index < -0.39 is 0 Å². The number of hydrogen-bond donors (Lipinski definition) is 1. The van der Waals surface area contributed by atoms with Crippen molar-refractivity contribution in [2.75, 3.05) is 5.43 Å². The van der Waals surface area contributed by atoms with Crippen LogP contribution in [0.3, 0.4) is 0 Å². The van der Waals surface area contributed by atoms with Gasteiger partial charge >= 0.3 is 5.97 Å². The summed E-state index contributed by atoms with van der Waals surface area (Å²) in [5.41, 5.74) is 6.66. The molecular weight excluding hydrogens is 264 g/mol. The molecule has 0 saturated heterocycles. The maximum absolute atomic E-state index is 11.1. The Morgan fingerprint density at radius 1 is 1.14 bits per heavy atom. The molecule has 0 saturated carbocycles. The first-order valence-corrected chi connectivity index (χ1v) is 6.70. The molecule has 0 unspecified atom stereocenters. The quantitative estimate of drug-likeness (QED) is 0.403. The van der Waals surface area contributed by atoms with Gasteiger partial charge in [0.15, 0.2) is 0 Å². The summed E-state index contributed by atoms with van der Waals surface area (Å²) in [5.74, 6) is 0.309. The van der Waals surface area contributed by atoms with Crippen molar-refractivity contribution in [1.82, 2.24) is 0 Å². The number of esters is 1. The fourth-order valence-electron chi connectivity index (χ4n) is 2.06. The van der Waals surface area contributed by atoms with Gasteiger partial charge in [0.05, 0.1) is 11.9 Å². The highest BCUT2D eigenvalue weighted by Crippen LogP contribution is 2.24. The third-order valence-electron chi connectivity index (χ3n) is 2.91. The molecule has 0 spiro atoms. The zero-order chi connectivity index (χ0) is 15.2. The minimum Gasteiger partial charge on any atom is -0.426 e. The second kappa shape index (κ2) is 6.70. The van der Waals surface area contributed by atoms with Crippen LogP contribution in [0.1, 0.15) is 23.6 Å². The van der Waals surface area contributed by atoms with Gasteiger partial charge in [0.25, 0.3) is 0 Å². The first-order valence-electron chi connectivity index (χ1n) is 6.70. The SMILES string of the molecule is CC(=O)Oc1c(C)cc(C=NNc2ccccc2)cc1C. The number of anilines is 1. The number of hydrazone groups is 1. The van der Waals surface area contributed by atoms with E-state index in [-0.39, 0.29) is 5.97 Å². The second-order valence-corrected chi connectivity index (χ2v) is 4.81. The first kappa shape index (κ1) is 14.8. The van der Waals surface area contributed by atoms with Crippen LogP contribution >= 0.6 is 0 Å². The van der Waals surface area contributed by atoms with Gasteiger partial charge < -0.3 is 4.74 Å². The maximum atomic E-state index is 11.1. The molecule has 4 heteroatoms. The Hall–Kier alpha value is -2.62. The molecule has 2 aromatic carbocycles. The number of hydrogen-bond acceptors (Lipinski definition) is 4. The van der Waals surface area contributed by atoms with Gasteiger partial charge in [-0.05, 0) is 54.8 Å². The normalized spacial score (nSPS) is 10.6. The highest BCUT2D eigenvalue weighted by Gasteiger charge is 2.07. The molecule has 4 nitrogen and oxygen atoms in total. The Kier molecular flexibility index (Phi) is 4.72. The summed E-state index contributed by atoms with van der Waals surface area (Å²) >= 11 is 0. The number of rotatable bonds is 4. The van der Waals surface area contributed by atoms with Crippen molar-refractivity contribution < 1.29 is 9.53 Å². The molecule has 0 amide bonds. The molecule has 0 aliphatic heterocycles. The fourth-order valence-corrected chi connectivity index (χ4v) is 2.06. The van der Waals surface area contributed by atoms with E-state index in [0.29, 0.717) is 5.75 Å². The summed E-state index contributed by atoms with van der Waals surface area (Å²) < 4.78 is 5.21. The third kappa shape index (κ3) is 4.18. The van der Waals surface area contributed by atoms with E-state index in [0.717, 1.165) is 22.4 Å². The Balaban J connectivity index is 2.12. The van der Waals surface area contributed by atoms with Crippen molar-refractivity contribution in [3.05, 3.63) is 59.2 Å². The van der Waals surface area contributed by atoms with Gasteiger partial charge in [0.2, 0.25) is 0 Å². The lowest BCUT2D eigenvalue weighted by Crippen LogP contribution is -2.05. The topological polar surface area (TPSA) is 50.7 Å². The van der Waals surface area contributed by atoms with E-state index in [2.05, 4.69) is 10.5 Å². The fraction of sp³-hybridized carbons (Fsp3) is 0.176. The summed E-state index contributed by atoms with van der Waals surface area (Å²) in [6.07, 6.45) is 1.74. The molecule has 0 aromatic heterocycles. The van der Waals surface area contributed by atoms with Crippen molar-refractivity contribution >= 4 is 17.9 Å². The summed E-state index contributed by atoms with van der Waals surface area (Å²) in [6, 6.07) is 13.6. The molecule has 0 bridgehead atoms. The molecule has 2 aromatic rings. The number of para-hydroxylation sites is 1. The second-order valence-electron chi connectivity index (χ2n) is 4.81. The van der Waals surface area contributed by atoms with Gasteiger partial charge in [0, 0.05) is 6.92 Å². The van der Waals surface area contributed by atoms with Crippen molar-refractivity contribution in [3.8, 4) is 5.75 Å². The molecule has 0 fully saturated rings. The van der Waals surface area contributed by atoms with Crippen molar-refractivity contribution in [1.29, 1.82) is 0 Å². The van der Waals surface area contributed by atoms with E-state index in [1.165, 1.54) is 6.92 Å². The predicted octanol–water partition coefficient (Wildman–Crippen LogP) is 3.67. The Morgan fingerprint density at radius 2 is 1.76 bits per heavy atom. The molecule has 1 N–H and O–H groups in total. The molecule has 0 aliphatic carbocycles. The van der Waals surface area contributed by atoms with Gasteiger partial charge in [-0.15, -0.1) is 0 Å². The van der Waals surface area contributed by atoms with E-state index in [1.807, 2.05) is 56.3 Å². The molecule has 21 heavy (non-hydrogen) atoms. The third-order valence-corrected chi connectivity index (χ3v) is 2.91. The van der Waals surface area contributed by atoms with Crippen LogP contribution in [-0.2, 0) is 4.79 Å². The summed E-state index contributed by atoms with van der Waals surface area (Å²) in [4.78, 5) is 11.1. The first-order chi connectivity index (χ1) is 10.1. The number of nitrogens with one attached hydrogen (secondary N) is 1. The lowest BCUT2D eigenvalue weighted by molar-refractivity contribution is -0.131. The Morgan fingerprint density at radius 3 is 2.33 bits per heavy atom. The van der Waals surface area contributed by atoms with Gasteiger partial charge in [-0.2, -0.15) is 5.10 Å². The number of carbonyl (C=O) groups excluding carboxylic acids is 1. The van der Waals surface area contributed by atoms with Gasteiger partial charge in [-0.1, -0.05) is 18.2 Å². The molecule has 108 valence electrons. The maximum Gasteiger partial charge on any atom is 0.308 e. The molecule has 0 heterocycles. The number of ether oxygens (including phenoxy) is 1.